The third-order valence-corrected chi connectivity index (χ3v) is 5.74. The Morgan fingerprint density at radius 3 is 1.47 bits per heavy atom. The van der Waals surface area contributed by atoms with Crippen molar-refractivity contribution in [3.8, 4) is 0 Å². The van der Waals surface area contributed by atoms with Gasteiger partial charge in [0.15, 0.2) is 0 Å². The molecular weight excluding hydrogens is 360 g/mol. The molecule has 0 spiro atoms. The van der Waals surface area contributed by atoms with Crippen LogP contribution < -0.4 is 0 Å². The molecule has 0 nitrogen and oxygen atoms in total. The molecule has 0 saturated heterocycles. The van der Waals surface area contributed by atoms with Crippen molar-refractivity contribution in [2.45, 2.75) is 53.4 Å². The van der Waals surface area contributed by atoms with Gasteiger partial charge in [0.05, 0.1) is 7.57 Å². The van der Waals surface area contributed by atoms with E-state index in [0.29, 0.717) is 0 Å². The highest BCUT2D eigenvalue weighted by Crippen LogP contribution is 2.39. The lowest BCUT2D eigenvalue weighted by molar-refractivity contribution is 0.571. The predicted molar refractivity (Wildman–Crippen MR) is 86.0 cm³/mol. The van der Waals surface area contributed by atoms with Crippen molar-refractivity contribution in [3.05, 3.63) is 18.7 Å². The first kappa shape index (κ1) is 15.7. The summed E-state index contributed by atoms with van der Waals surface area (Å²) in [6, 6.07) is 0. The summed E-state index contributed by atoms with van der Waals surface area (Å²) in [6.45, 7) is 9.18. The fraction of sp³-hybridized carbons (Fsp3) is 0.714. The van der Waals surface area contributed by atoms with Gasteiger partial charge in [-0.25, -0.2) is 0 Å². The molecule has 0 aliphatic carbocycles. The van der Waals surface area contributed by atoms with E-state index < -0.39 is 0 Å². The van der Waals surface area contributed by atoms with Crippen LogP contribution in [0, 0.1) is 11.8 Å². The molecule has 0 aromatic carbocycles. The molecule has 1 heterocycles. The van der Waals surface area contributed by atoms with Crippen LogP contribution in [-0.2, 0) is 12.8 Å². The van der Waals surface area contributed by atoms with Gasteiger partial charge in [0.25, 0.3) is 0 Å². The Hall–Kier alpha value is 0.660. The van der Waals surface area contributed by atoms with Crippen LogP contribution in [0.1, 0.15) is 51.7 Å². The molecule has 0 fully saturated rings. The fourth-order valence-electron chi connectivity index (χ4n) is 1.80. The van der Waals surface area contributed by atoms with E-state index in [4.69, 9.17) is 0 Å². The summed E-state index contributed by atoms with van der Waals surface area (Å²) in [5, 5.41) is 0. The van der Waals surface area contributed by atoms with Gasteiger partial charge >= 0.3 is 0 Å². The van der Waals surface area contributed by atoms with Crippen molar-refractivity contribution in [2.24, 2.45) is 11.8 Å². The van der Waals surface area contributed by atoms with E-state index in [1.165, 1.54) is 44.4 Å². The SMILES string of the molecule is CC(C)CCc1c(Br)sc(Br)c1CCC(C)C. The van der Waals surface area contributed by atoms with Crippen LogP contribution in [0.2, 0.25) is 0 Å². The van der Waals surface area contributed by atoms with Crippen LogP contribution in [0.3, 0.4) is 0 Å². The third kappa shape index (κ3) is 5.04. The number of hydrogen-bond donors (Lipinski definition) is 0. The Balaban J connectivity index is 2.78. The second-order valence-electron chi connectivity index (χ2n) is 5.47. The molecule has 0 amide bonds. The summed E-state index contributed by atoms with van der Waals surface area (Å²) in [5.41, 5.74) is 3.08. The van der Waals surface area contributed by atoms with Gasteiger partial charge in [-0.3, -0.25) is 0 Å². The van der Waals surface area contributed by atoms with E-state index in [1.54, 1.807) is 0 Å². The zero-order valence-electron chi connectivity index (χ0n) is 11.1. The van der Waals surface area contributed by atoms with E-state index in [-0.39, 0.29) is 0 Å². The fourth-order valence-corrected chi connectivity index (χ4v) is 5.16. The molecule has 0 aliphatic heterocycles. The van der Waals surface area contributed by atoms with Crippen molar-refractivity contribution in [2.75, 3.05) is 0 Å². The molecular formula is C14H22Br2S. The van der Waals surface area contributed by atoms with Gasteiger partial charge in [-0.2, -0.15) is 0 Å². The van der Waals surface area contributed by atoms with Crippen molar-refractivity contribution >= 4 is 43.2 Å². The largest absolute Gasteiger partial charge is 0.121 e. The molecule has 0 aliphatic rings. The van der Waals surface area contributed by atoms with Crippen LogP contribution in [0.5, 0.6) is 0 Å². The van der Waals surface area contributed by atoms with E-state index in [0.717, 1.165) is 11.8 Å². The number of rotatable bonds is 6. The molecule has 0 bridgehead atoms. The van der Waals surface area contributed by atoms with Gasteiger partial charge < -0.3 is 0 Å². The first-order valence-corrected chi connectivity index (χ1v) is 8.77. The molecule has 1 aromatic rings. The lowest BCUT2D eigenvalue weighted by atomic mass is 9.97. The zero-order valence-corrected chi connectivity index (χ0v) is 15.1. The summed E-state index contributed by atoms with van der Waals surface area (Å²) < 4.78 is 2.65. The van der Waals surface area contributed by atoms with Crippen molar-refractivity contribution in [1.29, 1.82) is 0 Å². The molecule has 98 valence electrons. The molecule has 1 rings (SSSR count). The van der Waals surface area contributed by atoms with Crippen molar-refractivity contribution < 1.29 is 0 Å². The maximum absolute atomic E-state index is 3.71. The normalized spacial score (nSPS) is 11.8. The average molecular weight is 382 g/mol. The Kier molecular flexibility index (Phi) is 6.75. The van der Waals surface area contributed by atoms with Crippen LogP contribution in [0.25, 0.3) is 0 Å². The molecule has 0 N–H and O–H groups in total. The van der Waals surface area contributed by atoms with E-state index in [1.807, 2.05) is 11.3 Å². The first-order valence-electron chi connectivity index (χ1n) is 6.37. The van der Waals surface area contributed by atoms with Gasteiger partial charge in [-0.1, -0.05) is 27.7 Å². The van der Waals surface area contributed by atoms with Crippen LogP contribution in [-0.4, -0.2) is 0 Å². The smallest absolute Gasteiger partial charge is 0.0745 e. The average Bonchev–Trinajstić information content (AvgIpc) is 2.47. The zero-order chi connectivity index (χ0) is 13.0. The minimum absolute atomic E-state index is 0.776. The van der Waals surface area contributed by atoms with Crippen LogP contribution in [0.15, 0.2) is 7.57 Å². The second-order valence-corrected chi connectivity index (χ2v) is 9.13. The summed E-state index contributed by atoms with van der Waals surface area (Å²) in [6.07, 6.45) is 4.95. The summed E-state index contributed by atoms with van der Waals surface area (Å²) in [4.78, 5) is 0. The van der Waals surface area contributed by atoms with Gasteiger partial charge in [0.1, 0.15) is 0 Å². The number of hydrogen-bond acceptors (Lipinski definition) is 1. The maximum Gasteiger partial charge on any atom is 0.0745 e. The molecule has 0 unspecified atom stereocenters. The first-order chi connectivity index (χ1) is 7.91. The molecule has 0 saturated carbocycles. The quantitative estimate of drug-likeness (QED) is 0.530. The second kappa shape index (κ2) is 7.30. The van der Waals surface area contributed by atoms with Gasteiger partial charge in [0.2, 0.25) is 0 Å². The Morgan fingerprint density at radius 1 is 0.824 bits per heavy atom. The summed E-state index contributed by atoms with van der Waals surface area (Å²) in [7, 11) is 0. The lowest BCUT2D eigenvalue weighted by Crippen LogP contribution is -1.98. The van der Waals surface area contributed by atoms with E-state index in [2.05, 4.69) is 59.6 Å². The Morgan fingerprint density at radius 2 is 1.18 bits per heavy atom. The van der Waals surface area contributed by atoms with Crippen molar-refractivity contribution in [3.63, 3.8) is 0 Å². The molecule has 1 aromatic heterocycles. The number of thiophene rings is 1. The standard InChI is InChI=1S/C14H22Br2S/c1-9(2)5-7-11-12(8-6-10(3)4)14(16)17-13(11)15/h9-10H,5-8H2,1-4H3. The Bertz CT molecular complexity index is 321. The van der Waals surface area contributed by atoms with E-state index in [9.17, 15) is 0 Å². The topological polar surface area (TPSA) is 0 Å². The molecule has 0 radical (unpaired) electrons. The maximum atomic E-state index is 3.71. The van der Waals surface area contributed by atoms with Crippen LogP contribution in [0.4, 0.5) is 0 Å². The van der Waals surface area contributed by atoms with Gasteiger partial charge in [0, 0.05) is 0 Å². The molecule has 0 atom stereocenters. The monoisotopic (exact) mass is 380 g/mol. The third-order valence-electron chi connectivity index (χ3n) is 2.96. The summed E-state index contributed by atoms with van der Waals surface area (Å²) in [5.74, 6) is 1.55. The van der Waals surface area contributed by atoms with E-state index >= 15 is 0 Å². The molecule has 3 heteroatoms. The minimum Gasteiger partial charge on any atom is -0.121 e. The van der Waals surface area contributed by atoms with Crippen LogP contribution >= 0.6 is 43.2 Å². The highest BCUT2D eigenvalue weighted by molar-refractivity contribution is 9.12. The Labute approximate surface area is 126 Å². The minimum atomic E-state index is 0.776. The number of halogens is 2. The summed E-state index contributed by atoms with van der Waals surface area (Å²) >= 11 is 9.26. The van der Waals surface area contributed by atoms with Gasteiger partial charge in [-0.05, 0) is 80.5 Å². The lowest BCUT2D eigenvalue weighted by Gasteiger charge is -2.09. The highest BCUT2D eigenvalue weighted by atomic mass is 79.9. The van der Waals surface area contributed by atoms with Crippen molar-refractivity contribution in [1.82, 2.24) is 0 Å². The predicted octanol–water partition coefficient (Wildman–Crippen LogP) is 6.45. The molecule has 17 heavy (non-hydrogen) atoms. The highest BCUT2D eigenvalue weighted by Gasteiger charge is 2.15. The van der Waals surface area contributed by atoms with Gasteiger partial charge in [-0.15, -0.1) is 11.3 Å².